The average Bonchev–Trinajstić information content (AvgIpc) is 2.36. The summed E-state index contributed by atoms with van der Waals surface area (Å²) >= 11 is 5.88. The van der Waals surface area contributed by atoms with Gasteiger partial charge in [0.05, 0.1) is 12.4 Å². The summed E-state index contributed by atoms with van der Waals surface area (Å²) < 4.78 is 5.33. The number of nitrogens with zero attached hydrogens (tertiary/aromatic N) is 3. The lowest BCUT2D eigenvalue weighted by Gasteiger charge is -2.40. The minimum atomic E-state index is -0.489. The van der Waals surface area contributed by atoms with Crippen LogP contribution in [-0.4, -0.2) is 40.3 Å². The maximum atomic E-state index is 11.9. The molecule has 1 N–H and O–H groups in total. The molecule has 122 valence electrons. The fourth-order valence-electron chi connectivity index (χ4n) is 2.39. The zero-order chi connectivity index (χ0) is 16.4. The molecule has 0 saturated carbocycles. The Kier molecular flexibility index (Phi) is 4.80. The average molecular weight is 327 g/mol. The number of hydrogen-bond acceptors (Lipinski definition) is 5. The lowest BCUT2D eigenvalue weighted by atomic mass is 9.90. The van der Waals surface area contributed by atoms with E-state index in [0.717, 1.165) is 31.7 Å². The number of carbonyl (C=O) groups is 1. The van der Waals surface area contributed by atoms with Gasteiger partial charge in [0.1, 0.15) is 16.6 Å². The summed E-state index contributed by atoms with van der Waals surface area (Å²) in [4.78, 5) is 22.4. The van der Waals surface area contributed by atoms with Crippen LogP contribution in [0.4, 0.5) is 10.6 Å². The van der Waals surface area contributed by atoms with Crippen LogP contribution in [-0.2, 0) is 4.74 Å². The van der Waals surface area contributed by atoms with Gasteiger partial charge < -0.3 is 15.0 Å². The van der Waals surface area contributed by atoms with Crippen molar-refractivity contribution in [3.8, 4) is 0 Å². The van der Waals surface area contributed by atoms with Gasteiger partial charge in [0.15, 0.2) is 0 Å². The van der Waals surface area contributed by atoms with Gasteiger partial charge >= 0.3 is 6.09 Å². The Morgan fingerprint density at radius 1 is 1.36 bits per heavy atom. The van der Waals surface area contributed by atoms with Crippen LogP contribution < -0.4 is 10.2 Å². The number of carbonyl (C=O) groups excluding carboxylic acids is 1. The van der Waals surface area contributed by atoms with E-state index in [-0.39, 0.29) is 11.6 Å². The van der Waals surface area contributed by atoms with E-state index < -0.39 is 5.60 Å². The van der Waals surface area contributed by atoms with E-state index in [9.17, 15) is 4.79 Å². The van der Waals surface area contributed by atoms with Crippen molar-refractivity contribution in [3.05, 3.63) is 17.5 Å². The van der Waals surface area contributed by atoms with Crippen molar-refractivity contribution in [2.45, 2.75) is 51.7 Å². The quantitative estimate of drug-likeness (QED) is 0.904. The van der Waals surface area contributed by atoms with Gasteiger partial charge in [0.25, 0.3) is 0 Å². The summed E-state index contributed by atoms with van der Waals surface area (Å²) in [6.45, 7) is 9.17. The molecule has 1 amide bonds. The standard InChI is InChI=1S/C15H23ClN4O2/c1-14(2,3)22-13(21)19-15(4)5-7-20(8-6-15)12-10-17-9-11(16)18-12/h9-10H,5-8H2,1-4H3,(H,19,21). The highest BCUT2D eigenvalue weighted by atomic mass is 35.5. The van der Waals surface area contributed by atoms with Crippen molar-refractivity contribution in [3.63, 3.8) is 0 Å². The molecule has 1 saturated heterocycles. The smallest absolute Gasteiger partial charge is 0.408 e. The summed E-state index contributed by atoms with van der Waals surface area (Å²) in [5, 5.41) is 3.37. The van der Waals surface area contributed by atoms with Crippen molar-refractivity contribution in [1.82, 2.24) is 15.3 Å². The summed E-state index contributed by atoms with van der Waals surface area (Å²) in [5.74, 6) is 0.770. The third-order valence-corrected chi connectivity index (χ3v) is 3.77. The number of anilines is 1. The summed E-state index contributed by atoms with van der Waals surface area (Å²) in [7, 11) is 0. The fourth-order valence-corrected chi connectivity index (χ4v) is 2.53. The summed E-state index contributed by atoms with van der Waals surface area (Å²) in [6.07, 6.45) is 4.46. The van der Waals surface area contributed by atoms with Gasteiger partial charge in [-0.1, -0.05) is 11.6 Å². The summed E-state index contributed by atoms with van der Waals surface area (Å²) in [6, 6.07) is 0. The Bertz CT molecular complexity index is 537. The van der Waals surface area contributed by atoms with E-state index in [1.54, 1.807) is 6.20 Å². The molecule has 0 bridgehead atoms. The number of ether oxygens (including phenoxy) is 1. The third-order valence-electron chi connectivity index (χ3n) is 3.59. The van der Waals surface area contributed by atoms with Crippen LogP contribution in [0.2, 0.25) is 5.15 Å². The molecule has 0 radical (unpaired) electrons. The normalized spacial score (nSPS) is 18.0. The molecular weight excluding hydrogens is 304 g/mol. The molecule has 1 aromatic heterocycles. The first-order chi connectivity index (χ1) is 10.2. The van der Waals surface area contributed by atoms with Crippen LogP contribution in [0.3, 0.4) is 0 Å². The van der Waals surface area contributed by atoms with Crippen molar-refractivity contribution in [1.29, 1.82) is 0 Å². The maximum absolute atomic E-state index is 11.9. The Balaban J connectivity index is 1.91. The lowest BCUT2D eigenvalue weighted by molar-refractivity contribution is 0.0448. The number of rotatable bonds is 2. The monoisotopic (exact) mass is 326 g/mol. The largest absolute Gasteiger partial charge is 0.444 e. The van der Waals surface area contributed by atoms with Gasteiger partial charge in [-0.05, 0) is 40.5 Å². The number of hydrogen-bond donors (Lipinski definition) is 1. The number of halogens is 1. The summed E-state index contributed by atoms with van der Waals surface area (Å²) in [5.41, 5.74) is -0.762. The molecule has 1 aromatic rings. The number of piperidine rings is 1. The van der Waals surface area contributed by atoms with Crippen LogP contribution in [0.1, 0.15) is 40.5 Å². The van der Waals surface area contributed by atoms with Crippen LogP contribution >= 0.6 is 11.6 Å². The molecule has 2 rings (SSSR count). The second kappa shape index (κ2) is 6.28. The molecule has 0 unspecified atom stereocenters. The SMILES string of the molecule is CC1(NC(=O)OC(C)(C)C)CCN(c2cncc(Cl)n2)CC1. The zero-order valence-electron chi connectivity index (χ0n) is 13.5. The molecule has 7 heteroatoms. The van der Waals surface area contributed by atoms with Crippen LogP contribution in [0, 0.1) is 0 Å². The number of alkyl carbamates (subject to hydrolysis) is 1. The topological polar surface area (TPSA) is 67.3 Å². The van der Waals surface area contributed by atoms with E-state index in [1.165, 1.54) is 6.20 Å². The van der Waals surface area contributed by atoms with Gasteiger partial charge in [-0.15, -0.1) is 0 Å². The Morgan fingerprint density at radius 3 is 2.55 bits per heavy atom. The molecule has 0 spiro atoms. The zero-order valence-corrected chi connectivity index (χ0v) is 14.3. The van der Waals surface area contributed by atoms with Gasteiger partial charge in [0, 0.05) is 18.6 Å². The van der Waals surface area contributed by atoms with Crippen LogP contribution in [0.15, 0.2) is 12.4 Å². The molecule has 6 nitrogen and oxygen atoms in total. The molecule has 0 aliphatic carbocycles. The van der Waals surface area contributed by atoms with Gasteiger partial charge in [-0.3, -0.25) is 4.98 Å². The Hall–Kier alpha value is -1.56. The van der Waals surface area contributed by atoms with Crippen molar-refractivity contribution >= 4 is 23.5 Å². The Labute approximate surface area is 136 Å². The Morgan fingerprint density at radius 2 is 2.00 bits per heavy atom. The predicted molar refractivity (Wildman–Crippen MR) is 86.3 cm³/mol. The first-order valence-corrected chi connectivity index (χ1v) is 7.78. The molecular formula is C15H23ClN4O2. The number of aromatic nitrogens is 2. The van der Waals surface area contributed by atoms with Crippen LogP contribution in [0.25, 0.3) is 0 Å². The van der Waals surface area contributed by atoms with Crippen LogP contribution in [0.5, 0.6) is 0 Å². The van der Waals surface area contributed by atoms with Gasteiger partial charge in [-0.25, -0.2) is 9.78 Å². The van der Waals surface area contributed by atoms with E-state index >= 15 is 0 Å². The lowest BCUT2D eigenvalue weighted by Crippen LogP contribution is -2.54. The first-order valence-electron chi connectivity index (χ1n) is 7.41. The van der Waals surface area contributed by atoms with E-state index in [0.29, 0.717) is 5.15 Å². The fraction of sp³-hybridized carbons (Fsp3) is 0.667. The molecule has 22 heavy (non-hydrogen) atoms. The predicted octanol–water partition coefficient (Wildman–Crippen LogP) is 3.01. The van der Waals surface area contributed by atoms with Gasteiger partial charge in [-0.2, -0.15) is 0 Å². The molecule has 0 aromatic carbocycles. The molecule has 0 atom stereocenters. The number of nitrogens with one attached hydrogen (secondary N) is 1. The van der Waals surface area contributed by atoms with Crippen molar-refractivity contribution in [2.75, 3.05) is 18.0 Å². The molecule has 1 fully saturated rings. The highest BCUT2D eigenvalue weighted by Crippen LogP contribution is 2.25. The minimum Gasteiger partial charge on any atom is -0.444 e. The highest BCUT2D eigenvalue weighted by Gasteiger charge is 2.33. The van der Waals surface area contributed by atoms with Gasteiger partial charge in [0.2, 0.25) is 0 Å². The van der Waals surface area contributed by atoms with E-state index in [1.807, 2.05) is 27.7 Å². The minimum absolute atomic E-state index is 0.273. The maximum Gasteiger partial charge on any atom is 0.408 e. The molecule has 1 aliphatic heterocycles. The van der Waals surface area contributed by atoms with E-state index in [2.05, 4.69) is 20.2 Å². The molecule has 1 aliphatic rings. The van der Waals surface area contributed by atoms with Crippen molar-refractivity contribution in [2.24, 2.45) is 0 Å². The second-order valence-corrected chi connectivity index (χ2v) is 7.26. The highest BCUT2D eigenvalue weighted by molar-refractivity contribution is 6.29. The van der Waals surface area contributed by atoms with E-state index in [4.69, 9.17) is 16.3 Å². The number of amides is 1. The third kappa shape index (κ3) is 4.73. The first kappa shape index (κ1) is 16.8. The second-order valence-electron chi connectivity index (χ2n) is 6.87. The van der Waals surface area contributed by atoms with Crippen molar-refractivity contribution < 1.29 is 9.53 Å². The molecule has 2 heterocycles.